The number of hydrogen-bond acceptors (Lipinski definition) is 3. The highest BCUT2D eigenvalue weighted by Gasteiger charge is 2.32. The van der Waals surface area contributed by atoms with Gasteiger partial charge in [0, 0.05) is 18.5 Å². The molecular formula is C11H23ClN2O2. The fraction of sp³-hybridized carbons (Fsp3) is 0.909. The Balaban J connectivity index is 0.00000225. The van der Waals surface area contributed by atoms with Crippen molar-refractivity contribution in [2.45, 2.75) is 51.2 Å². The topological polar surface area (TPSA) is 64.3 Å². The highest BCUT2D eigenvalue weighted by atomic mass is 35.5. The van der Waals surface area contributed by atoms with Gasteiger partial charge in [0.1, 0.15) is 0 Å². The van der Waals surface area contributed by atoms with Crippen LogP contribution in [0.3, 0.4) is 0 Å². The lowest BCUT2D eigenvalue weighted by atomic mass is 9.78. The van der Waals surface area contributed by atoms with Gasteiger partial charge in [0.2, 0.25) is 5.91 Å². The van der Waals surface area contributed by atoms with Crippen LogP contribution in [0.15, 0.2) is 0 Å². The number of hydrogen-bond donors (Lipinski definition) is 2. The zero-order valence-electron chi connectivity index (χ0n) is 10.1. The summed E-state index contributed by atoms with van der Waals surface area (Å²) in [5.74, 6) is 0.0346. The first-order chi connectivity index (χ1) is 7.02. The monoisotopic (exact) mass is 250 g/mol. The Morgan fingerprint density at radius 3 is 2.56 bits per heavy atom. The third kappa shape index (κ3) is 5.68. The van der Waals surface area contributed by atoms with Gasteiger partial charge in [-0.1, -0.05) is 0 Å². The number of rotatable bonds is 6. The summed E-state index contributed by atoms with van der Waals surface area (Å²) in [6.45, 7) is 5.01. The number of amides is 1. The minimum Gasteiger partial charge on any atom is -0.378 e. The van der Waals surface area contributed by atoms with Crippen LogP contribution < -0.4 is 11.1 Å². The third-order valence-electron chi connectivity index (χ3n) is 2.77. The first-order valence-electron chi connectivity index (χ1n) is 5.69. The Bertz CT molecular complexity index is 218. The molecule has 0 saturated heterocycles. The highest BCUT2D eigenvalue weighted by molar-refractivity contribution is 5.85. The minimum absolute atomic E-state index is 0. The second-order valence-corrected chi connectivity index (χ2v) is 4.66. The van der Waals surface area contributed by atoms with Gasteiger partial charge in [-0.3, -0.25) is 4.79 Å². The molecule has 0 aliphatic heterocycles. The van der Waals surface area contributed by atoms with Crippen LogP contribution in [0.1, 0.15) is 39.5 Å². The highest BCUT2D eigenvalue weighted by Crippen LogP contribution is 2.27. The molecule has 0 spiro atoms. The van der Waals surface area contributed by atoms with Gasteiger partial charge in [0.15, 0.2) is 0 Å². The summed E-state index contributed by atoms with van der Waals surface area (Å²) in [6, 6.07) is 0. The van der Waals surface area contributed by atoms with Crippen LogP contribution in [0.25, 0.3) is 0 Å². The summed E-state index contributed by atoms with van der Waals surface area (Å²) < 4.78 is 5.29. The Hall–Kier alpha value is -0.320. The van der Waals surface area contributed by atoms with Crippen LogP contribution in [0.5, 0.6) is 0 Å². The van der Waals surface area contributed by atoms with E-state index in [1.54, 1.807) is 0 Å². The minimum atomic E-state index is -0.130. The van der Waals surface area contributed by atoms with Gasteiger partial charge in [-0.05, 0) is 33.1 Å². The number of halogens is 1. The molecule has 0 unspecified atom stereocenters. The standard InChI is InChI=1S/C11H22N2O2.ClH/c1-9(2)15-7-4-10(14)13-8-11(12)5-3-6-11;/h9H,3-8,12H2,1-2H3,(H,13,14);1H. The number of nitrogens with two attached hydrogens (primary N) is 1. The summed E-state index contributed by atoms with van der Waals surface area (Å²) in [5.41, 5.74) is 5.85. The van der Waals surface area contributed by atoms with Crippen LogP contribution in [0.4, 0.5) is 0 Å². The second kappa shape index (κ2) is 7.09. The van der Waals surface area contributed by atoms with E-state index in [9.17, 15) is 4.79 Å². The van der Waals surface area contributed by atoms with E-state index in [0.29, 0.717) is 19.6 Å². The van der Waals surface area contributed by atoms with Gasteiger partial charge in [0.25, 0.3) is 0 Å². The molecule has 4 nitrogen and oxygen atoms in total. The molecule has 0 aromatic rings. The third-order valence-corrected chi connectivity index (χ3v) is 2.77. The molecule has 0 heterocycles. The van der Waals surface area contributed by atoms with Gasteiger partial charge in [0.05, 0.1) is 12.7 Å². The molecule has 0 bridgehead atoms. The summed E-state index contributed by atoms with van der Waals surface area (Å²) in [7, 11) is 0. The summed E-state index contributed by atoms with van der Waals surface area (Å²) in [6.07, 6.45) is 3.84. The Morgan fingerprint density at radius 2 is 2.12 bits per heavy atom. The maximum Gasteiger partial charge on any atom is 0.222 e. The smallest absolute Gasteiger partial charge is 0.222 e. The Morgan fingerprint density at radius 1 is 1.50 bits per heavy atom. The molecule has 1 amide bonds. The molecule has 3 N–H and O–H groups in total. The number of nitrogens with one attached hydrogen (secondary N) is 1. The van der Waals surface area contributed by atoms with Crippen LogP contribution in [-0.2, 0) is 9.53 Å². The van der Waals surface area contributed by atoms with Crippen LogP contribution >= 0.6 is 12.4 Å². The zero-order valence-corrected chi connectivity index (χ0v) is 10.9. The van der Waals surface area contributed by atoms with Crippen molar-refractivity contribution < 1.29 is 9.53 Å². The van der Waals surface area contributed by atoms with E-state index < -0.39 is 0 Å². The second-order valence-electron chi connectivity index (χ2n) is 4.66. The molecule has 1 aliphatic rings. The summed E-state index contributed by atoms with van der Waals surface area (Å²) in [4.78, 5) is 11.4. The molecule has 0 aromatic carbocycles. The van der Waals surface area contributed by atoms with Gasteiger partial charge in [-0.15, -0.1) is 12.4 Å². The maximum atomic E-state index is 11.4. The number of ether oxygens (including phenoxy) is 1. The lowest BCUT2D eigenvalue weighted by Crippen LogP contribution is -2.55. The molecule has 0 radical (unpaired) electrons. The Labute approximate surface area is 104 Å². The van der Waals surface area contributed by atoms with Crippen molar-refractivity contribution in [3.05, 3.63) is 0 Å². The van der Waals surface area contributed by atoms with E-state index >= 15 is 0 Å². The predicted molar refractivity (Wildman–Crippen MR) is 66.7 cm³/mol. The van der Waals surface area contributed by atoms with E-state index in [0.717, 1.165) is 12.8 Å². The fourth-order valence-electron chi connectivity index (χ4n) is 1.56. The lowest BCUT2D eigenvalue weighted by molar-refractivity contribution is -0.122. The zero-order chi connectivity index (χ0) is 11.3. The van der Waals surface area contributed by atoms with Crippen molar-refractivity contribution >= 4 is 18.3 Å². The quantitative estimate of drug-likeness (QED) is 0.745. The van der Waals surface area contributed by atoms with Crippen molar-refractivity contribution in [3.8, 4) is 0 Å². The maximum absolute atomic E-state index is 11.4. The van der Waals surface area contributed by atoms with Crippen molar-refractivity contribution in [3.63, 3.8) is 0 Å². The molecule has 1 saturated carbocycles. The van der Waals surface area contributed by atoms with Crippen LogP contribution in [0, 0.1) is 0 Å². The Kier molecular flexibility index (Phi) is 6.95. The molecule has 0 atom stereocenters. The molecule has 96 valence electrons. The number of carbonyl (C=O) groups excluding carboxylic acids is 1. The molecule has 16 heavy (non-hydrogen) atoms. The first kappa shape index (κ1) is 15.7. The van der Waals surface area contributed by atoms with E-state index in [4.69, 9.17) is 10.5 Å². The van der Waals surface area contributed by atoms with Gasteiger partial charge in [-0.25, -0.2) is 0 Å². The number of carbonyl (C=O) groups is 1. The van der Waals surface area contributed by atoms with Gasteiger partial charge in [-0.2, -0.15) is 0 Å². The molecule has 1 rings (SSSR count). The molecule has 5 heteroatoms. The summed E-state index contributed by atoms with van der Waals surface area (Å²) in [5, 5.41) is 2.85. The van der Waals surface area contributed by atoms with Crippen molar-refractivity contribution in [1.82, 2.24) is 5.32 Å². The molecule has 0 aromatic heterocycles. The predicted octanol–water partition coefficient (Wildman–Crippen LogP) is 1.22. The summed E-state index contributed by atoms with van der Waals surface area (Å²) >= 11 is 0. The normalized spacial score (nSPS) is 17.5. The lowest BCUT2D eigenvalue weighted by Gasteiger charge is -2.38. The molecular weight excluding hydrogens is 228 g/mol. The van der Waals surface area contributed by atoms with Crippen LogP contribution in [-0.4, -0.2) is 30.7 Å². The van der Waals surface area contributed by atoms with Crippen molar-refractivity contribution in [2.75, 3.05) is 13.2 Å². The first-order valence-corrected chi connectivity index (χ1v) is 5.69. The van der Waals surface area contributed by atoms with Gasteiger partial charge >= 0.3 is 0 Å². The van der Waals surface area contributed by atoms with Crippen molar-refractivity contribution in [1.29, 1.82) is 0 Å². The van der Waals surface area contributed by atoms with Crippen molar-refractivity contribution in [2.24, 2.45) is 5.73 Å². The fourth-order valence-corrected chi connectivity index (χ4v) is 1.56. The molecule has 1 aliphatic carbocycles. The van der Waals surface area contributed by atoms with E-state index in [2.05, 4.69) is 5.32 Å². The average Bonchev–Trinajstić information content (AvgIpc) is 2.11. The van der Waals surface area contributed by atoms with Crippen LogP contribution in [0.2, 0.25) is 0 Å². The molecule has 1 fully saturated rings. The average molecular weight is 251 g/mol. The van der Waals surface area contributed by atoms with E-state index in [1.807, 2.05) is 13.8 Å². The largest absolute Gasteiger partial charge is 0.378 e. The van der Waals surface area contributed by atoms with E-state index in [-0.39, 0.29) is 30.0 Å². The van der Waals surface area contributed by atoms with Gasteiger partial charge < -0.3 is 15.8 Å². The SMILES string of the molecule is CC(C)OCCC(=O)NCC1(N)CCC1.Cl. The van der Waals surface area contributed by atoms with E-state index in [1.165, 1.54) is 6.42 Å².